The van der Waals surface area contributed by atoms with Crippen LogP contribution in [0, 0.1) is 5.41 Å². The minimum atomic E-state index is -0.167. The van der Waals surface area contributed by atoms with Crippen molar-refractivity contribution in [3.05, 3.63) is 78.1 Å². The van der Waals surface area contributed by atoms with Gasteiger partial charge in [0.25, 0.3) is 0 Å². The summed E-state index contributed by atoms with van der Waals surface area (Å²) >= 11 is 0. The topological polar surface area (TPSA) is 34.5 Å². The maximum Gasteiger partial charge on any atom is 0.143 e. The van der Waals surface area contributed by atoms with Gasteiger partial charge in [-0.15, -0.1) is 0 Å². The first kappa shape index (κ1) is 14.9. The summed E-state index contributed by atoms with van der Waals surface area (Å²) in [6.45, 7) is 4.39. The molecule has 0 saturated heterocycles. The summed E-state index contributed by atoms with van der Waals surface area (Å²) in [6.07, 6.45) is 2.60. The van der Waals surface area contributed by atoms with Crippen LogP contribution in [0.1, 0.15) is 25.1 Å². The number of benzene rings is 2. The van der Waals surface area contributed by atoms with Crippen molar-refractivity contribution >= 4 is 16.5 Å². The Morgan fingerprint density at radius 3 is 2.54 bits per heavy atom. The molecule has 0 radical (unpaired) electrons. The highest BCUT2D eigenvalue weighted by molar-refractivity contribution is 6.05. The molecule has 120 valence electrons. The first-order valence-corrected chi connectivity index (χ1v) is 8.28. The van der Waals surface area contributed by atoms with Crippen molar-refractivity contribution in [2.24, 2.45) is 10.6 Å². The number of nitrogens with zero attached hydrogens (tertiary/aromatic N) is 2. The highest BCUT2D eigenvalue weighted by Gasteiger charge is 2.42. The lowest BCUT2D eigenvalue weighted by Crippen LogP contribution is -2.35. The number of hydrogen-bond acceptors (Lipinski definition) is 3. The Bertz CT molecular complexity index is 895. The minimum absolute atomic E-state index is 0.0222. The van der Waals surface area contributed by atoms with E-state index in [1.54, 1.807) is 0 Å². The van der Waals surface area contributed by atoms with Gasteiger partial charge in [-0.25, -0.2) is 0 Å². The van der Waals surface area contributed by atoms with Crippen molar-refractivity contribution in [2.45, 2.75) is 26.4 Å². The molecule has 24 heavy (non-hydrogen) atoms. The van der Waals surface area contributed by atoms with Gasteiger partial charge in [0.15, 0.2) is 0 Å². The highest BCUT2D eigenvalue weighted by Crippen LogP contribution is 2.37. The summed E-state index contributed by atoms with van der Waals surface area (Å²) in [4.78, 5) is 10.4. The van der Waals surface area contributed by atoms with E-state index in [9.17, 15) is 0 Å². The number of pyridine rings is 1. The Labute approximate surface area is 142 Å². The molecule has 2 aromatic carbocycles. The molecule has 0 N–H and O–H groups in total. The fraction of sp³-hybridized carbons (Fsp3) is 0.238. The van der Waals surface area contributed by atoms with E-state index in [1.807, 2.05) is 30.5 Å². The first-order chi connectivity index (χ1) is 11.7. The molecule has 1 aliphatic rings. The van der Waals surface area contributed by atoms with E-state index in [1.165, 1.54) is 10.8 Å². The van der Waals surface area contributed by atoms with Gasteiger partial charge in [0.05, 0.1) is 16.8 Å². The molecule has 1 aromatic heterocycles. The molecule has 0 aliphatic carbocycles. The third-order valence-corrected chi connectivity index (χ3v) is 4.87. The zero-order valence-electron chi connectivity index (χ0n) is 13.9. The van der Waals surface area contributed by atoms with Crippen molar-refractivity contribution in [2.75, 3.05) is 0 Å². The van der Waals surface area contributed by atoms with Crippen LogP contribution in [0.5, 0.6) is 0 Å². The highest BCUT2D eigenvalue weighted by atomic mass is 16.6. The van der Waals surface area contributed by atoms with Crippen LogP contribution >= 0.6 is 0 Å². The average molecular weight is 316 g/mol. The van der Waals surface area contributed by atoms with E-state index in [2.05, 4.69) is 60.4 Å². The molecule has 0 saturated carbocycles. The summed E-state index contributed by atoms with van der Waals surface area (Å²) in [7, 11) is 0. The van der Waals surface area contributed by atoms with Crippen LogP contribution in [0.3, 0.4) is 0 Å². The number of aromatic nitrogens is 1. The number of fused-ring (bicyclic) bond motifs is 1. The van der Waals surface area contributed by atoms with Gasteiger partial charge in [-0.2, -0.15) is 0 Å². The zero-order valence-corrected chi connectivity index (χ0v) is 13.9. The molecule has 4 rings (SSSR count). The SMILES string of the molecule is CC1(C)C(c2ccccc2)=NOC1Cc1nccc2ccccc12. The molecular formula is C21H20N2O. The number of hydrogen-bond donors (Lipinski definition) is 0. The van der Waals surface area contributed by atoms with Crippen LogP contribution in [0.15, 0.2) is 72.0 Å². The second-order valence-corrected chi connectivity index (χ2v) is 6.80. The van der Waals surface area contributed by atoms with Gasteiger partial charge >= 0.3 is 0 Å². The van der Waals surface area contributed by atoms with Gasteiger partial charge in [0.2, 0.25) is 0 Å². The van der Waals surface area contributed by atoms with Gasteiger partial charge in [-0.3, -0.25) is 4.98 Å². The fourth-order valence-electron chi connectivity index (χ4n) is 3.35. The zero-order chi connectivity index (χ0) is 16.6. The average Bonchev–Trinajstić information content (AvgIpc) is 2.90. The van der Waals surface area contributed by atoms with E-state index in [4.69, 9.17) is 4.84 Å². The molecule has 3 heteroatoms. The van der Waals surface area contributed by atoms with Crippen molar-refractivity contribution in [3.8, 4) is 0 Å². The van der Waals surface area contributed by atoms with Crippen molar-refractivity contribution in [3.63, 3.8) is 0 Å². The smallest absolute Gasteiger partial charge is 0.143 e. The summed E-state index contributed by atoms with van der Waals surface area (Å²) < 4.78 is 0. The van der Waals surface area contributed by atoms with Gasteiger partial charge in [0.1, 0.15) is 6.10 Å². The van der Waals surface area contributed by atoms with E-state index in [0.29, 0.717) is 0 Å². The Kier molecular flexibility index (Phi) is 3.57. The lowest BCUT2D eigenvalue weighted by Gasteiger charge is -2.26. The molecule has 0 amide bonds. The predicted octanol–water partition coefficient (Wildman–Crippen LogP) is 4.61. The van der Waals surface area contributed by atoms with Gasteiger partial charge in [0, 0.05) is 18.0 Å². The van der Waals surface area contributed by atoms with E-state index in [-0.39, 0.29) is 11.5 Å². The van der Waals surface area contributed by atoms with E-state index in [0.717, 1.165) is 23.4 Å². The largest absolute Gasteiger partial charge is 0.391 e. The fourth-order valence-corrected chi connectivity index (χ4v) is 3.35. The van der Waals surface area contributed by atoms with Crippen LogP contribution in [0.25, 0.3) is 10.8 Å². The van der Waals surface area contributed by atoms with Gasteiger partial charge in [-0.05, 0) is 17.0 Å². The summed E-state index contributed by atoms with van der Waals surface area (Å²) in [5, 5.41) is 6.80. The summed E-state index contributed by atoms with van der Waals surface area (Å²) in [6, 6.07) is 20.7. The maximum atomic E-state index is 5.84. The maximum absolute atomic E-state index is 5.84. The summed E-state index contributed by atoms with van der Waals surface area (Å²) in [5.41, 5.74) is 3.03. The first-order valence-electron chi connectivity index (χ1n) is 8.28. The molecule has 1 aliphatic heterocycles. The molecule has 0 spiro atoms. The Morgan fingerprint density at radius 1 is 0.958 bits per heavy atom. The van der Waals surface area contributed by atoms with Crippen LogP contribution in [0.2, 0.25) is 0 Å². The minimum Gasteiger partial charge on any atom is -0.391 e. The Morgan fingerprint density at radius 2 is 1.71 bits per heavy atom. The molecule has 3 nitrogen and oxygen atoms in total. The molecule has 0 bridgehead atoms. The van der Waals surface area contributed by atoms with Crippen LogP contribution in [-0.4, -0.2) is 16.8 Å². The van der Waals surface area contributed by atoms with Crippen LogP contribution in [-0.2, 0) is 11.3 Å². The lowest BCUT2D eigenvalue weighted by molar-refractivity contribution is 0.0367. The van der Waals surface area contributed by atoms with Crippen molar-refractivity contribution in [1.82, 2.24) is 4.98 Å². The van der Waals surface area contributed by atoms with Crippen LogP contribution in [0.4, 0.5) is 0 Å². The molecule has 1 atom stereocenters. The lowest BCUT2D eigenvalue weighted by atomic mass is 9.77. The molecule has 1 unspecified atom stereocenters. The van der Waals surface area contributed by atoms with Crippen molar-refractivity contribution in [1.29, 1.82) is 0 Å². The molecule has 0 fully saturated rings. The van der Waals surface area contributed by atoms with Crippen LogP contribution < -0.4 is 0 Å². The van der Waals surface area contributed by atoms with Gasteiger partial charge < -0.3 is 4.84 Å². The Balaban J connectivity index is 1.65. The monoisotopic (exact) mass is 316 g/mol. The Hall–Kier alpha value is -2.68. The van der Waals surface area contributed by atoms with Gasteiger partial charge in [-0.1, -0.05) is 73.6 Å². The molecular weight excluding hydrogens is 296 g/mol. The number of oxime groups is 1. The quantitative estimate of drug-likeness (QED) is 0.707. The molecule has 2 heterocycles. The third-order valence-electron chi connectivity index (χ3n) is 4.87. The third kappa shape index (κ3) is 2.46. The molecule has 3 aromatic rings. The second-order valence-electron chi connectivity index (χ2n) is 6.80. The van der Waals surface area contributed by atoms with E-state index < -0.39 is 0 Å². The predicted molar refractivity (Wildman–Crippen MR) is 97.1 cm³/mol. The number of rotatable bonds is 3. The standard InChI is InChI=1S/C21H20N2O/c1-21(2)19(24-23-20(21)16-9-4-3-5-10-16)14-18-17-11-7-6-8-15(17)12-13-22-18/h3-13,19H,14H2,1-2H3. The second kappa shape index (κ2) is 5.75. The van der Waals surface area contributed by atoms with Crippen molar-refractivity contribution < 1.29 is 4.84 Å². The summed E-state index contributed by atoms with van der Waals surface area (Å²) in [5.74, 6) is 0. The normalized spacial score (nSPS) is 19.1. The van der Waals surface area contributed by atoms with E-state index >= 15 is 0 Å².